The smallest absolute Gasteiger partial charge is 0.269 e. The Labute approximate surface area is 194 Å². The predicted octanol–water partition coefficient (Wildman–Crippen LogP) is 5.27. The number of benzene rings is 3. The van der Waals surface area contributed by atoms with Crippen molar-refractivity contribution in [3.8, 4) is 0 Å². The number of piperazine rings is 1. The summed E-state index contributed by atoms with van der Waals surface area (Å²) in [6, 6.07) is 23.5. The van der Waals surface area contributed by atoms with Crippen molar-refractivity contribution in [2.75, 3.05) is 31.1 Å². The van der Waals surface area contributed by atoms with E-state index >= 15 is 0 Å². The highest BCUT2D eigenvalue weighted by molar-refractivity contribution is 9.10. The quantitative estimate of drug-likeness (QED) is 0.351. The summed E-state index contributed by atoms with van der Waals surface area (Å²) in [5, 5.41) is 20.8. The molecule has 0 radical (unpaired) electrons. The van der Waals surface area contributed by atoms with Crippen LogP contribution in [-0.2, 0) is 6.54 Å². The van der Waals surface area contributed by atoms with Crippen LogP contribution in [-0.4, -0.2) is 40.9 Å². The van der Waals surface area contributed by atoms with Crippen LogP contribution in [0.25, 0.3) is 0 Å². The summed E-state index contributed by atoms with van der Waals surface area (Å²) in [6.45, 7) is 4.89. The number of nitro groups is 2. The molecular formula is C23H23BrN4O4. The van der Waals surface area contributed by atoms with E-state index in [0.717, 1.165) is 42.9 Å². The summed E-state index contributed by atoms with van der Waals surface area (Å²) in [4.78, 5) is 24.7. The number of rotatable bonds is 5. The second kappa shape index (κ2) is 11.4. The molecule has 1 fully saturated rings. The van der Waals surface area contributed by atoms with Crippen LogP contribution in [0.4, 0.5) is 17.1 Å². The van der Waals surface area contributed by atoms with Crippen LogP contribution in [0, 0.1) is 20.2 Å². The molecule has 0 spiro atoms. The first-order valence-corrected chi connectivity index (χ1v) is 10.9. The van der Waals surface area contributed by atoms with Crippen LogP contribution in [0.3, 0.4) is 0 Å². The maximum absolute atomic E-state index is 10.7. The minimum Gasteiger partial charge on any atom is -0.369 e. The van der Waals surface area contributed by atoms with Gasteiger partial charge in [0.1, 0.15) is 0 Å². The molecule has 1 heterocycles. The minimum absolute atomic E-state index is 0.114. The van der Waals surface area contributed by atoms with Gasteiger partial charge in [0.25, 0.3) is 11.4 Å². The monoisotopic (exact) mass is 498 g/mol. The fraction of sp³-hybridized carbons (Fsp3) is 0.217. The largest absolute Gasteiger partial charge is 0.369 e. The van der Waals surface area contributed by atoms with Crippen LogP contribution in [0.15, 0.2) is 83.3 Å². The molecule has 0 aliphatic carbocycles. The van der Waals surface area contributed by atoms with Gasteiger partial charge in [0, 0.05) is 67.1 Å². The van der Waals surface area contributed by atoms with Crippen molar-refractivity contribution >= 4 is 33.0 Å². The molecule has 9 heteroatoms. The highest BCUT2D eigenvalue weighted by atomic mass is 79.9. The zero-order valence-electron chi connectivity index (χ0n) is 17.3. The SMILES string of the molecule is O=[N+]([O-])c1ccc(Br)cc1.O=[N+]([O-])c1ccc(N2CCN(Cc3ccccc3)CC2)cc1. The Morgan fingerprint density at radius 1 is 0.719 bits per heavy atom. The topological polar surface area (TPSA) is 92.8 Å². The van der Waals surface area contributed by atoms with Crippen molar-refractivity contribution in [1.29, 1.82) is 0 Å². The van der Waals surface area contributed by atoms with Gasteiger partial charge < -0.3 is 4.90 Å². The Balaban J connectivity index is 0.000000243. The van der Waals surface area contributed by atoms with E-state index in [0.29, 0.717) is 0 Å². The van der Waals surface area contributed by atoms with E-state index in [1.165, 1.54) is 17.7 Å². The van der Waals surface area contributed by atoms with E-state index in [1.807, 2.05) is 18.2 Å². The lowest BCUT2D eigenvalue weighted by Crippen LogP contribution is -2.45. The molecule has 32 heavy (non-hydrogen) atoms. The Kier molecular flexibility index (Phi) is 8.29. The maximum Gasteiger partial charge on any atom is 0.269 e. The van der Waals surface area contributed by atoms with Gasteiger partial charge in [-0.05, 0) is 29.8 Å². The van der Waals surface area contributed by atoms with Gasteiger partial charge in [0.15, 0.2) is 0 Å². The second-order valence-corrected chi connectivity index (χ2v) is 8.17. The Morgan fingerprint density at radius 3 is 1.72 bits per heavy atom. The number of non-ortho nitro benzene ring substituents is 2. The number of nitrogens with zero attached hydrogens (tertiary/aromatic N) is 4. The molecule has 0 N–H and O–H groups in total. The summed E-state index contributed by atoms with van der Waals surface area (Å²) in [7, 11) is 0. The third-order valence-corrected chi connectivity index (χ3v) is 5.61. The second-order valence-electron chi connectivity index (χ2n) is 7.26. The average molecular weight is 499 g/mol. The summed E-state index contributed by atoms with van der Waals surface area (Å²) < 4.78 is 0.845. The van der Waals surface area contributed by atoms with Gasteiger partial charge >= 0.3 is 0 Å². The van der Waals surface area contributed by atoms with Crippen LogP contribution in [0.5, 0.6) is 0 Å². The standard InChI is InChI=1S/C17H19N3O2.C6H4BrNO2/c21-20(22)17-8-6-16(7-9-17)19-12-10-18(11-13-19)14-15-4-2-1-3-5-15;7-5-1-3-6(4-2-5)8(9)10/h1-9H,10-14H2;1-4H. The van der Waals surface area contributed by atoms with Crippen molar-refractivity contribution in [1.82, 2.24) is 4.90 Å². The molecular weight excluding hydrogens is 476 g/mol. The number of anilines is 1. The van der Waals surface area contributed by atoms with Crippen molar-refractivity contribution < 1.29 is 9.85 Å². The zero-order chi connectivity index (χ0) is 22.9. The number of hydrogen-bond donors (Lipinski definition) is 0. The lowest BCUT2D eigenvalue weighted by atomic mass is 10.2. The molecule has 1 saturated heterocycles. The first kappa shape index (κ1) is 23.4. The number of halogens is 1. The molecule has 0 bridgehead atoms. The van der Waals surface area contributed by atoms with Crippen molar-refractivity contribution in [2.45, 2.75) is 6.54 Å². The van der Waals surface area contributed by atoms with E-state index in [4.69, 9.17) is 0 Å². The van der Waals surface area contributed by atoms with Gasteiger partial charge in [-0.3, -0.25) is 25.1 Å². The highest BCUT2D eigenvalue weighted by Crippen LogP contribution is 2.21. The van der Waals surface area contributed by atoms with E-state index in [9.17, 15) is 20.2 Å². The van der Waals surface area contributed by atoms with E-state index < -0.39 is 4.92 Å². The normalized spacial score (nSPS) is 13.7. The summed E-state index contributed by atoms with van der Waals surface area (Å²) in [6.07, 6.45) is 0. The third kappa shape index (κ3) is 6.86. The lowest BCUT2D eigenvalue weighted by Gasteiger charge is -2.36. The first-order chi connectivity index (χ1) is 15.4. The molecule has 1 aliphatic heterocycles. The van der Waals surface area contributed by atoms with E-state index in [-0.39, 0.29) is 16.3 Å². The van der Waals surface area contributed by atoms with Gasteiger partial charge in [-0.25, -0.2) is 0 Å². The molecule has 0 aromatic heterocycles. The molecule has 1 aliphatic rings. The highest BCUT2D eigenvalue weighted by Gasteiger charge is 2.18. The molecule has 4 rings (SSSR count). The minimum atomic E-state index is -0.424. The van der Waals surface area contributed by atoms with Gasteiger partial charge in [0.2, 0.25) is 0 Å². The van der Waals surface area contributed by atoms with E-state index in [1.54, 1.807) is 24.3 Å². The summed E-state index contributed by atoms with van der Waals surface area (Å²) >= 11 is 3.17. The fourth-order valence-electron chi connectivity index (χ4n) is 3.35. The van der Waals surface area contributed by atoms with E-state index in [2.05, 4.69) is 50.0 Å². The van der Waals surface area contributed by atoms with Crippen molar-refractivity contribution in [3.63, 3.8) is 0 Å². The van der Waals surface area contributed by atoms with Crippen molar-refractivity contribution in [2.24, 2.45) is 0 Å². The van der Waals surface area contributed by atoms with Crippen LogP contribution in [0.1, 0.15) is 5.56 Å². The molecule has 3 aromatic carbocycles. The van der Waals surface area contributed by atoms with Crippen LogP contribution >= 0.6 is 15.9 Å². The third-order valence-electron chi connectivity index (χ3n) is 5.08. The Morgan fingerprint density at radius 2 is 1.22 bits per heavy atom. The predicted molar refractivity (Wildman–Crippen MR) is 128 cm³/mol. The summed E-state index contributed by atoms with van der Waals surface area (Å²) in [5.41, 5.74) is 2.66. The number of hydrogen-bond acceptors (Lipinski definition) is 6. The van der Waals surface area contributed by atoms with Gasteiger partial charge in [-0.2, -0.15) is 0 Å². The molecule has 0 unspecified atom stereocenters. The molecule has 166 valence electrons. The molecule has 0 atom stereocenters. The van der Waals surface area contributed by atoms with Gasteiger partial charge in [-0.1, -0.05) is 46.3 Å². The molecule has 8 nitrogen and oxygen atoms in total. The molecule has 0 saturated carbocycles. The maximum atomic E-state index is 10.7. The van der Waals surface area contributed by atoms with Crippen LogP contribution < -0.4 is 4.90 Å². The molecule has 0 amide bonds. The Bertz CT molecular complexity index is 1020. The lowest BCUT2D eigenvalue weighted by molar-refractivity contribution is -0.385. The number of nitro benzene ring substituents is 2. The average Bonchev–Trinajstić information content (AvgIpc) is 2.81. The van der Waals surface area contributed by atoms with Crippen LogP contribution in [0.2, 0.25) is 0 Å². The summed E-state index contributed by atoms with van der Waals surface area (Å²) in [5.74, 6) is 0. The first-order valence-electron chi connectivity index (χ1n) is 10.1. The Hall–Kier alpha value is -3.30. The van der Waals surface area contributed by atoms with Gasteiger partial charge in [-0.15, -0.1) is 0 Å². The fourth-order valence-corrected chi connectivity index (χ4v) is 3.62. The zero-order valence-corrected chi connectivity index (χ0v) is 18.9. The molecule has 3 aromatic rings. The van der Waals surface area contributed by atoms with Crippen molar-refractivity contribution in [3.05, 3.63) is 109 Å². The van der Waals surface area contributed by atoms with Gasteiger partial charge in [0.05, 0.1) is 9.85 Å².